The third-order valence-corrected chi connectivity index (χ3v) is 6.57. The third-order valence-electron chi connectivity index (χ3n) is 4.67. The predicted molar refractivity (Wildman–Crippen MR) is 100 cm³/mol. The highest BCUT2D eigenvalue weighted by Crippen LogP contribution is 2.23. The molecular formula is C18H29N3O3S. The Kier molecular flexibility index (Phi) is 6.98. The van der Waals surface area contributed by atoms with Crippen LogP contribution in [0.3, 0.4) is 0 Å². The lowest BCUT2D eigenvalue weighted by Crippen LogP contribution is -2.36. The molecule has 1 aliphatic rings. The molecule has 0 bridgehead atoms. The largest absolute Gasteiger partial charge is 0.325 e. The zero-order valence-electron chi connectivity index (χ0n) is 15.4. The van der Waals surface area contributed by atoms with Crippen LogP contribution in [0.5, 0.6) is 0 Å². The number of hydrogen-bond acceptors (Lipinski definition) is 4. The van der Waals surface area contributed by atoms with Gasteiger partial charge in [-0.05, 0) is 51.4 Å². The number of sulfonamides is 1. The molecule has 1 unspecified atom stereocenters. The number of carbonyl (C=O) groups is 1. The van der Waals surface area contributed by atoms with Crippen molar-refractivity contribution in [1.82, 2.24) is 9.21 Å². The Labute approximate surface area is 151 Å². The van der Waals surface area contributed by atoms with Gasteiger partial charge in [-0.3, -0.25) is 9.69 Å². The van der Waals surface area contributed by atoms with E-state index in [1.807, 2.05) is 11.9 Å². The van der Waals surface area contributed by atoms with Crippen LogP contribution in [-0.4, -0.2) is 56.3 Å². The average Bonchev–Trinajstić information content (AvgIpc) is 3.10. The van der Waals surface area contributed by atoms with Crippen LogP contribution in [0.2, 0.25) is 0 Å². The second kappa shape index (κ2) is 8.78. The predicted octanol–water partition coefficient (Wildman–Crippen LogP) is 2.53. The first-order valence-electron chi connectivity index (χ1n) is 8.95. The Hall–Kier alpha value is -1.44. The molecule has 25 heavy (non-hydrogen) atoms. The maximum atomic E-state index is 12.6. The van der Waals surface area contributed by atoms with Gasteiger partial charge < -0.3 is 5.32 Å². The fourth-order valence-corrected chi connectivity index (χ4v) is 4.60. The molecule has 1 aromatic carbocycles. The maximum absolute atomic E-state index is 12.6. The molecule has 2 rings (SSSR count). The van der Waals surface area contributed by atoms with Crippen LogP contribution in [-0.2, 0) is 14.8 Å². The molecule has 1 amide bonds. The molecule has 1 heterocycles. The van der Waals surface area contributed by atoms with Gasteiger partial charge in [-0.2, -0.15) is 4.31 Å². The van der Waals surface area contributed by atoms with Gasteiger partial charge in [-0.15, -0.1) is 0 Å². The lowest BCUT2D eigenvalue weighted by Gasteiger charge is -2.23. The zero-order valence-corrected chi connectivity index (χ0v) is 16.2. The van der Waals surface area contributed by atoms with Crippen molar-refractivity contribution in [2.45, 2.75) is 50.5 Å². The van der Waals surface area contributed by atoms with Crippen LogP contribution >= 0.6 is 0 Å². The summed E-state index contributed by atoms with van der Waals surface area (Å²) in [5.41, 5.74) is 0.516. The van der Waals surface area contributed by atoms with Crippen molar-refractivity contribution in [2.24, 2.45) is 0 Å². The standard InChI is InChI=1S/C18H29N3O3S/c1-4-8-15(2)20(3)14-18(22)19-16-9-7-10-17(13-16)25(23,24)21-11-5-6-12-21/h7,9-10,13,15H,4-6,8,11-12,14H2,1-3H3,(H,19,22). The topological polar surface area (TPSA) is 69.7 Å². The zero-order chi connectivity index (χ0) is 18.4. The third kappa shape index (κ3) is 5.26. The molecule has 6 nitrogen and oxygen atoms in total. The van der Waals surface area contributed by atoms with Gasteiger partial charge in [-0.25, -0.2) is 8.42 Å². The molecule has 1 aromatic rings. The molecule has 0 aromatic heterocycles. The van der Waals surface area contributed by atoms with Gasteiger partial charge in [-0.1, -0.05) is 19.4 Å². The molecule has 1 N–H and O–H groups in total. The average molecular weight is 368 g/mol. The van der Waals surface area contributed by atoms with Crippen LogP contribution in [0, 0.1) is 0 Å². The summed E-state index contributed by atoms with van der Waals surface area (Å²) in [6.45, 7) is 5.64. The summed E-state index contributed by atoms with van der Waals surface area (Å²) in [4.78, 5) is 14.5. The number of likely N-dealkylation sites (N-methyl/N-ethyl adjacent to an activating group) is 1. The van der Waals surface area contributed by atoms with Crippen molar-refractivity contribution in [3.63, 3.8) is 0 Å². The highest BCUT2D eigenvalue weighted by atomic mass is 32.2. The molecule has 0 spiro atoms. The number of benzene rings is 1. The number of rotatable bonds is 8. The number of nitrogens with zero attached hydrogens (tertiary/aromatic N) is 2. The lowest BCUT2D eigenvalue weighted by atomic mass is 10.2. The Bertz CT molecular complexity index is 685. The van der Waals surface area contributed by atoms with E-state index >= 15 is 0 Å². The lowest BCUT2D eigenvalue weighted by molar-refractivity contribution is -0.117. The second-order valence-corrected chi connectivity index (χ2v) is 8.68. The Balaban J connectivity index is 2.02. The van der Waals surface area contributed by atoms with Crippen LogP contribution in [0.4, 0.5) is 5.69 Å². The van der Waals surface area contributed by atoms with E-state index in [0.29, 0.717) is 24.8 Å². The smallest absolute Gasteiger partial charge is 0.243 e. The van der Waals surface area contributed by atoms with Crippen LogP contribution in [0.25, 0.3) is 0 Å². The van der Waals surface area contributed by atoms with E-state index in [0.717, 1.165) is 25.7 Å². The second-order valence-electron chi connectivity index (χ2n) is 6.74. The number of amides is 1. The van der Waals surface area contributed by atoms with Gasteiger partial charge in [0.15, 0.2) is 0 Å². The first-order valence-corrected chi connectivity index (χ1v) is 10.4. The summed E-state index contributed by atoms with van der Waals surface area (Å²) in [6, 6.07) is 6.84. The molecule has 0 radical (unpaired) electrons. The Morgan fingerprint density at radius 2 is 2.00 bits per heavy atom. The van der Waals surface area contributed by atoms with Crippen molar-refractivity contribution < 1.29 is 13.2 Å². The summed E-state index contributed by atoms with van der Waals surface area (Å²) in [5.74, 6) is -0.138. The maximum Gasteiger partial charge on any atom is 0.243 e. The summed E-state index contributed by atoms with van der Waals surface area (Å²) < 4.78 is 26.7. The molecule has 1 atom stereocenters. The molecule has 0 saturated carbocycles. The van der Waals surface area contributed by atoms with Crippen LogP contribution < -0.4 is 5.32 Å². The molecule has 1 aliphatic heterocycles. The summed E-state index contributed by atoms with van der Waals surface area (Å²) in [7, 11) is -1.54. The molecule has 1 saturated heterocycles. The quantitative estimate of drug-likeness (QED) is 0.766. The Morgan fingerprint density at radius 1 is 1.32 bits per heavy atom. The van der Waals surface area contributed by atoms with E-state index < -0.39 is 10.0 Å². The summed E-state index contributed by atoms with van der Waals surface area (Å²) >= 11 is 0. The van der Waals surface area contributed by atoms with Gasteiger partial charge in [0.05, 0.1) is 11.4 Å². The summed E-state index contributed by atoms with van der Waals surface area (Å²) in [6.07, 6.45) is 3.91. The van der Waals surface area contributed by atoms with Gasteiger partial charge in [0.1, 0.15) is 0 Å². The fourth-order valence-electron chi connectivity index (χ4n) is 3.03. The minimum absolute atomic E-state index is 0.138. The highest BCUT2D eigenvalue weighted by molar-refractivity contribution is 7.89. The molecule has 0 aliphatic carbocycles. The monoisotopic (exact) mass is 367 g/mol. The van der Waals surface area contributed by atoms with E-state index in [-0.39, 0.29) is 17.3 Å². The van der Waals surface area contributed by atoms with Crippen molar-refractivity contribution in [3.05, 3.63) is 24.3 Å². The number of carbonyl (C=O) groups excluding carboxylic acids is 1. The van der Waals surface area contributed by atoms with E-state index in [1.165, 1.54) is 4.31 Å². The first kappa shape index (κ1) is 19.9. The SMILES string of the molecule is CCCC(C)N(C)CC(=O)Nc1cccc(S(=O)(=O)N2CCCC2)c1. The Morgan fingerprint density at radius 3 is 2.64 bits per heavy atom. The van der Waals surface area contributed by atoms with Crippen LogP contribution in [0.15, 0.2) is 29.2 Å². The minimum atomic E-state index is -3.47. The minimum Gasteiger partial charge on any atom is -0.325 e. The normalized spacial score (nSPS) is 17.0. The van der Waals surface area contributed by atoms with Crippen molar-refractivity contribution >= 4 is 21.6 Å². The van der Waals surface area contributed by atoms with Gasteiger partial charge in [0.25, 0.3) is 0 Å². The molecule has 1 fully saturated rings. The molecule has 7 heteroatoms. The summed E-state index contributed by atoms with van der Waals surface area (Å²) in [5, 5.41) is 2.81. The van der Waals surface area contributed by atoms with Crippen molar-refractivity contribution in [2.75, 3.05) is 32.0 Å². The van der Waals surface area contributed by atoms with E-state index in [1.54, 1.807) is 24.3 Å². The molecular weight excluding hydrogens is 338 g/mol. The number of anilines is 1. The van der Waals surface area contributed by atoms with Gasteiger partial charge in [0, 0.05) is 24.8 Å². The van der Waals surface area contributed by atoms with Crippen molar-refractivity contribution in [3.8, 4) is 0 Å². The van der Waals surface area contributed by atoms with Crippen molar-refractivity contribution in [1.29, 1.82) is 0 Å². The van der Waals surface area contributed by atoms with E-state index in [4.69, 9.17) is 0 Å². The highest BCUT2D eigenvalue weighted by Gasteiger charge is 2.27. The van der Waals surface area contributed by atoms with Gasteiger partial charge in [0.2, 0.25) is 15.9 Å². The van der Waals surface area contributed by atoms with E-state index in [2.05, 4.69) is 19.2 Å². The van der Waals surface area contributed by atoms with Crippen LogP contribution in [0.1, 0.15) is 39.5 Å². The van der Waals surface area contributed by atoms with E-state index in [9.17, 15) is 13.2 Å². The molecule has 140 valence electrons. The first-order chi connectivity index (χ1) is 11.8. The number of hydrogen-bond donors (Lipinski definition) is 1. The van der Waals surface area contributed by atoms with Gasteiger partial charge >= 0.3 is 0 Å². The fraction of sp³-hybridized carbons (Fsp3) is 0.611. The number of nitrogens with one attached hydrogen (secondary N) is 1.